The van der Waals surface area contributed by atoms with Crippen LogP contribution in [0.4, 0.5) is 0 Å². The van der Waals surface area contributed by atoms with Gasteiger partial charge in [0.05, 0.1) is 18.6 Å². The van der Waals surface area contributed by atoms with Crippen molar-refractivity contribution in [2.45, 2.75) is 54.8 Å². The lowest BCUT2D eigenvalue weighted by Gasteiger charge is -2.40. The first-order valence-electron chi connectivity index (χ1n) is 12.7. The zero-order chi connectivity index (χ0) is 23.3. The third-order valence-corrected chi connectivity index (χ3v) is 9.15. The smallest absolute Gasteiger partial charge is 0.229 e. The van der Waals surface area contributed by atoms with E-state index in [1.54, 1.807) is 0 Å². The summed E-state index contributed by atoms with van der Waals surface area (Å²) in [7, 11) is 0. The van der Waals surface area contributed by atoms with Crippen LogP contribution in [0.25, 0.3) is 0 Å². The van der Waals surface area contributed by atoms with Crippen LogP contribution in [0.2, 0.25) is 0 Å². The molecule has 6 heteroatoms. The number of nitrogens with zero attached hydrogens (tertiary/aromatic N) is 2. The molecule has 0 spiro atoms. The summed E-state index contributed by atoms with van der Waals surface area (Å²) >= 11 is 12.5. The van der Waals surface area contributed by atoms with Gasteiger partial charge >= 0.3 is 0 Å². The van der Waals surface area contributed by atoms with Crippen molar-refractivity contribution >= 4 is 29.1 Å². The van der Waals surface area contributed by atoms with Gasteiger partial charge in [0.15, 0.2) is 0 Å². The Bertz CT molecular complexity index is 1080. The van der Waals surface area contributed by atoms with E-state index in [1.807, 2.05) is 0 Å². The van der Waals surface area contributed by atoms with Crippen LogP contribution in [0.1, 0.15) is 59.9 Å². The maximum atomic E-state index is 13.3. The standard InChI is InChI=1S/C28H32Cl2N2O2/c29-28(30)18-24(28)27(33)32-16-10-19-4-1-2-6-22(19)25(32)11-15-31-13-8-20(9-14-31)23-7-3-5-21-12-17-34-26(21)23/h1-7,20,24-25H,8-18H2. The van der Waals surface area contributed by atoms with Crippen molar-refractivity contribution in [1.29, 1.82) is 0 Å². The van der Waals surface area contributed by atoms with E-state index >= 15 is 0 Å². The van der Waals surface area contributed by atoms with Crippen LogP contribution in [-0.2, 0) is 17.6 Å². The number of para-hydroxylation sites is 1. The van der Waals surface area contributed by atoms with Crippen molar-refractivity contribution in [3.05, 3.63) is 64.7 Å². The summed E-state index contributed by atoms with van der Waals surface area (Å²) in [4.78, 5) is 17.9. The first-order chi connectivity index (χ1) is 16.5. The molecular formula is C28H32Cl2N2O2. The molecule has 2 atom stereocenters. The molecule has 1 saturated heterocycles. The second-order valence-corrected chi connectivity index (χ2v) is 11.9. The molecule has 180 valence electrons. The number of amides is 1. The lowest BCUT2D eigenvalue weighted by molar-refractivity contribution is -0.135. The van der Waals surface area contributed by atoms with E-state index < -0.39 is 4.33 Å². The molecule has 1 saturated carbocycles. The van der Waals surface area contributed by atoms with E-state index in [0.717, 1.165) is 70.6 Å². The highest BCUT2D eigenvalue weighted by molar-refractivity contribution is 6.52. The minimum atomic E-state index is -0.873. The fraction of sp³-hybridized carbons (Fsp3) is 0.536. The molecule has 0 aromatic heterocycles. The van der Waals surface area contributed by atoms with E-state index in [2.05, 4.69) is 52.3 Å². The minimum Gasteiger partial charge on any atom is -0.493 e. The van der Waals surface area contributed by atoms with Crippen LogP contribution in [0.15, 0.2) is 42.5 Å². The van der Waals surface area contributed by atoms with Gasteiger partial charge < -0.3 is 14.5 Å². The molecule has 6 rings (SSSR count). The Hall–Kier alpha value is -1.75. The molecule has 3 aliphatic heterocycles. The summed E-state index contributed by atoms with van der Waals surface area (Å²) < 4.78 is 5.10. The summed E-state index contributed by atoms with van der Waals surface area (Å²) in [6, 6.07) is 15.4. The SMILES string of the molecule is O=C(C1CC1(Cl)Cl)N1CCc2ccccc2C1CCN1CCC(c2cccc3c2OCC3)CC1. The predicted molar refractivity (Wildman–Crippen MR) is 136 cm³/mol. The number of hydrogen-bond donors (Lipinski definition) is 0. The Balaban J connectivity index is 1.12. The molecule has 2 aromatic rings. The normalized spacial score (nSPS) is 26.0. The van der Waals surface area contributed by atoms with Crippen LogP contribution in [-0.4, -0.2) is 52.8 Å². The van der Waals surface area contributed by atoms with Crippen LogP contribution in [0.3, 0.4) is 0 Å². The molecule has 2 fully saturated rings. The number of ether oxygens (including phenoxy) is 1. The molecule has 0 N–H and O–H groups in total. The third kappa shape index (κ3) is 4.23. The third-order valence-electron chi connectivity index (χ3n) is 8.31. The van der Waals surface area contributed by atoms with Crippen molar-refractivity contribution in [2.75, 3.05) is 32.8 Å². The highest BCUT2D eigenvalue weighted by Gasteiger charge is 2.58. The van der Waals surface area contributed by atoms with Crippen LogP contribution < -0.4 is 4.74 Å². The number of fused-ring (bicyclic) bond motifs is 2. The average Bonchev–Trinajstić information content (AvgIpc) is 3.25. The van der Waals surface area contributed by atoms with Gasteiger partial charge in [0.25, 0.3) is 0 Å². The van der Waals surface area contributed by atoms with Crippen LogP contribution >= 0.6 is 23.2 Å². The Morgan fingerprint density at radius 3 is 2.50 bits per heavy atom. The molecule has 0 bridgehead atoms. The zero-order valence-corrected chi connectivity index (χ0v) is 21.0. The molecule has 4 nitrogen and oxygen atoms in total. The summed E-state index contributed by atoms with van der Waals surface area (Å²) in [5.41, 5.74) is 5.44. The Kier molecular flexibility index (Phi) is 6.03. The van der Waals surface area contributed by atoms with Crippen molar-refractivity contribution in [1.82, 2.24) is 9.80 Å². The monoisotopic (exact) mass is 498 g/mol. The summed E-state index contributed by atoms with van der Waals surface area (Å²) in [6.45, 7) is 4.74. The number of alkyl halides is 2. The number of likely N-dealkylation sites (tertiary alicyclic amines) is 1. The molecule has 3 heterocycles. The lowest BCUT2D eigenvalue weighted by atomic mass is 9.87. The number of piperidine rings is 1. The summed E-state index contributed by atoms with van der Waals surface area (Å²) in [5.74, 6) is 1.60. The first-order valence-corrected chi connectivity index (χ1v) is 13.5. The van der Waals surface area contributed by atoms with Crippen LogP contribution in [0, 0.1) is 5.92 Å². The largest absolute Gasteiger partial charge is 0.493 e. The molecule has 1 amide bonds. The van der Waals surface area contributed by atoms with Gasteiger partial charge in [0, 0.05) is 19.5 Å². The number of rotatable bonds is 5. The van der Waals surface area contributed by atoms with Gasteiger partial charge in [-0.15, -0.1) is 23.2 Å². The predicted octanol–water partition coefficient (Wildman–Crippen LogP) is 5.51. The molecule has 0 radical (unpaired) electrons. The molecular weight excluding hydrogens is 467 g/mol. The molecule has 34 heavy (non-hydrogen) atoms. The number of carbonyl (C=O) groups is 1. The van der Waals surface area contributed by atoms with Gasteiger partial charge in [0.2, 0.25) is 5.91 Å². The van der Waals surface area contributed by atoms with Crippen molar-refractivity contribution < 1.29 is 9.53 Å². The molecule has 4 aliphatic rings. The molecule has 2 unspecified atom stereocenters. The number of benzene rings is 2. The Morgan fingerprint density at radius 1 is 0.971 bits per heavy atom. The second kappa shape index (κ2) is 9.04. The lowest BCUT2D eigenvalue weighted by Crippen LogP contribution is -2.43. The van der Waals surface area contributed by atoms with Gasteiger partial charge in [-0.2, -0.15) is 0 Å². The number of carbonyl (C=O) groups excluding carboxylic acids is 1. The second-order valence-electron chi connectivity index (χ2n) is 10.4. The van der Waals surface area contributed by atoms with E-state index in [4.69, 9.17) is 27.9 Å². The number of hydrogen-bond acceptors (Lipinski definition) is 3. The maximum Gasteiger partial charge on any atom is 0.229 e. The van der Waals surface area contributed by atoms with E-state index in [9.17, 15) is 4.79 Å². The Morgan fingerprint density at radius 2 is 1.71 bits per heavy atom. The molecule has 2 aromatic carbocycles. The first kappa shape index (κ1) is 22.7. The zero-order valence-electron chi connectivity index (χ0n) is 19.5. The quantitative estimate of drug-likeness (QED) is 0.509. The summed E-state index contributed by atoms with van der Waals surface area (Å²) in [6.07, 6.45) is 5.77. The van der Waals surface area contributed by atoms with Gasteiger partial charge in [-0.1, -0.05) is 42.5 Å². The Labute approximate surface area is 212 Å². The van der Waals surface area contributed by atoms with E-state index in [-0.39, 0.29) is 17.9 Å². The average molecular weight is 499 g/mol. The summed E-state index contributed by atoms with van der Waals surface area (Å²) in [5, 5.41) is 0. The van der Waals surface area contributed by atoms with Gasteiger partial charge in [-0.25, -0.2) is 0 Å². The van der Waals surface area contributed by atoms with Gasteiger partial charge in [-0.3, -0.25) is 4.79 Å². The van der Waals surface area contributed by atoms with E-state index in [1.165, 1.54) is 22.3 Å². The van der Waals surface area contributed by atoms with Crippen molar-refractivity contribution in [2.24, 2.45) is 5.92 Å². The fourth-order valence-electron chi connectivity index (χ4n) is 6.24. The highest BCUT2D eigenvalue weighted by Crippen LogP contribution is 2.55. The van der Waals surface area contributed by atoms with Gasteiger partial charge in [0.1, 0.15) is 10.1 Å². The topological polar surface area (TPSA) is 32.8 Å². The number of halogens is 2. The van der Waals surface area contributed by atoms with E-state index in [0.29, 0.717) is 12.3 Å². The fourth-order valence-corrected chi connectivity index (χ4v) is 6.74. The van der Waals surface area contributed by atoms with Crippen molar-refractivity contribution in [3.8, 4) is 5.75 Å². The van der Waals surface area contributed by atoms with Crippen molar-refractivity contribution in [3.63, 3.8) is 0 Å². The molecule has 1 aliphatic carbocycles. The maximum absolute atomic E-state index is 13.3. The van der Waals surface area contributed by atoms with Gasteiger partial charge in [-0.05, 0) is 73.4 Å². The minimum absolute atomic E-state index is 0.102. The van der Waals surface area contributed by atoms with Crippen LogP contribution in [0.5, 0.6) is 5.75 Å². The highest BCUT2D eigenvalue weighted by atomic mass is 35.5.